The standard InChI is InChI=1S/C24H22ClN5O4S/c1-14(31)16-6-11-21-22(12-16)29-23(27-19-5-3-4-18(13-19)26-15(2)32)24(28-21)30-35(33,34)20-9-7-17(25)8-10-20/h3-14,31H,1-2H3,(H,26,32)(H,27,29)(H,28,30). The largest absolute Gasteiger partial charge is 0.389 e. The summed E-state index contributed by atoms with van der Waals surface area (Å²) >= 11 is 5.89. The fraction of sp³-hybridized carbons (Fsp3) is 0.125. The summed E-state index contributed by atoms with van der Waals surface area (Å²) in [5.41, 5.74) is 2.62. The van der Waals surface area contributed by atoms with Crippen molar-refractivity contribution in [1.82, 2.24) is 9.97 Å². The molecule has 4 rings (SSSR count). The number of carbonyl (C=O) groups is 1. The van der Waals surface area contributed by atoms with Crippen LogP contribution in [0.15, 0.2) is 71.6 Å². The highest BCUT2D eigenvalue weighted by Gasteiger charge is 2.19. The van der Waals surface area contributed by atoms with Gasteiger partial charge in [0, 0.05) is 23.3 Å². The normalized spacial score (nSPS) is 12.2. The molecule has 0 radical (unpaired) electrons. The Morgan fingerprint density at radius 1 is 0.943 bits per heavy atom. The van der Waals surface area contributed by atoms with E-state index in [-0.39, 0.29) is 22.4 Å². The van der Waals surface area contributed by atoms with Gasteiger partial charge in [0.25, 0.3) is 10.0 Å². The van der Waals surface area contributed by atoms with Gasteiger partial charge in [0.1, 0.15) is 0 Å². The van der Waals surface area contributed by atoms with Crippen LogP contribution in [0.4, 0.5) is 23.0 Å². The Morgan fingerprint density at radius 3 is 2.31 bits per heavy atom. The van der Waals surface area contributed by atoms with Crippen molar-refractivity contribution in [2.24, 2.45) is 0 Å². The first kappa shape index (κ1) is 24.4. The van der Waals surface area contributed by atoms with Crippen LogP contribution in [0.25, 0.3) is 11.0 Å². The van der Waals surface area contributed by atoms with Crippen LogP contribution in [0, 0.1) is 0 Å². The van der Waals surface area contributed by atoms with Gasteiger partial charge in [-0.3, -0.25) is 9.52 Å². The Bertz CT molecular complexity index is 1510. The number of halogens is 1. The topological polar surface area (TPSA) is 133 Å². The first-order valence-electron chi connectivity index (χ1n) is 10.5. The van der Waals surface area contributed by atoms with E-state index >= 15 is 0 Å². The summed E-state index contributed by atoms with van der Waals surface area (Å²) in [6, 6.07) is 17.6. The third kappa shape index (κ3) is 5.86. The van der Waals surface area contributed by atoms with Gasteiger partial charge in [-0.25, -0.2) is 18.4 Å². The van der Waals surface area contributed by atoms with Crippen molar-refractivity contribution in [3.63, 3.8) is 0 Å². The second-order valence-electron chi connectivity index (χ2n) is 7.79. The number of aromatic nitrogens is 2. The van der Waals surface area contributed by atoms with Gasteiger partial charge in [-0.2, -0.15) is 0 Å². The Balaban J connectivity index is 1.79. The number of hydrogen-bond acceptors (Lipinski definition) is 7. The van der Waals surface area contributed by atoms with E-state index in [4.69, 9.17) is 11.6 Å². The quantitative estimate of drug-likeness (QED) is 0.279. The number of benzene rings is 3. The molecule has 1 atom stereocenters. The summed E-state index contributed by atoms with van der Waals surface area (Å²) in [5.74, 6) is -0.116. The van der Waals surface area contributed by atoms with Crippen LogP contribution in [0.3, 0.4) is 0 Å². The minimum absolute atomic E-state index is 0.00635. The summed E-state index contributed by atoms with van der Waals surface area (Å²) in [4.78, 5) is 20.5. The molecule has 0 aliphatic heterocycles. The maximum absolute atomic E-state index is 13.0. The van der Waals surface area contributed by atoms with Crippen LogP contribution < -0.4 is 15.4 Å². The van der Waals surface area contributed by atoms with Gasteiger partial charge in [-0.05, 0) is 67.1 Å². The number of carbonyl (C=O) groups excluding carboxylic acids is 1. The van der Waals surface area contributed by atoms with Crippen LogP contribution in [0.2, 0.25) is 5.02 Å². The fourth-order valence-corrected chi connectivity index (χ4v) is 4.44. The SMILES string of the molecule is CC(=O)Nc1cccc(Nc2nc3cc(C(C)O)ccc3nc2NS(=O)(=O)c2ccc(Cl)cc2)c1. The molecule has 0 aliphatic carbocycles. The van der Waals surface area contributed by atoms with E-state index < -0.39 is 16.1 Å². The van der Waals surface area contributed by atoms with Crippen LogP contribution in [-0.2, 0) is 14.8 Å². The van der Waals surface area contributed by atoms with E-state index in [1.165, 1.54) is 31.2 Å². The highest BCUT2D eigenvalue weighted by molar-refractivity contribution is 7.92. The maximum atomic E-state index is 13.0. The number of fused-ring (bicyclic) bond motifs is 1. The number of aliphatic hydroxyl groups excluding tert-OH is 1. The van der Waals surface area contributed by atoms with Crippen molar-refractivity contribution in [3.8, 4) is 0 Å². The summed E-state index contributed by atoms with van der Waals surface area (Å²) in [6.45, 7) is 3.04. The molecule has 0 bridgehead atoms. The highest BCUT2D eigenvalue weighted by atomic mass is 35.5. The smallest absolute Gasteiger partial charge is 0.263 e. The Hall–Kier alpha value is -3.73. The lowest BCUT2D eigenvalue weighted by atomic mass is 10.1. The average molecular weight is 512 g/mol. The summed E-state index contributed by atoms with van der Waals surface area (Å²) < 4.78 is 28.6. The summed E-state index contributed by atoms with van der Waals surface area (Å²) in [7, 11) is -4.01. The molecule has 0 spiro atoms. The lowest BCUT2D eigenvalue weighted by Crippen LogP contribution is -2.16. The molecular weight excluding hydrogens is 490 g/mol. The molecule has 0 saturated heterocycles. The van der Waals surface area contributed by atoms with Gasteiger partial charge in [-0.15, -0.1) is 0 Å². The van der Waals surface area contributed by atoms with Crippen LogP contribution in [0.1, 0.15) is 25.5 Å². The number of sulfonamides is 1. The van der Waals surface area contributed by atoms with Crippen LogP contribution in [-0.4, -0.2) is 29.4 Å². The highest BCUT2D eigenvalue weighted by Crippen LogP contribution is 2.29. The molecule has 11 heteroatoms. The molecule has 1 unspecified atom stereocenters. The number of hydrogen-bond donors (Lipinski definition) is 4. The first-order chi connectivity index (χ1) is 16.6. The van der Waals surface area contributed by atoms with Crippen molar-refractivity contribution in [2.45, 2.75) is 24.8 Å². The zero-order valence-electron chi connectivity index (χ0n) is 18.8. The van der Waals surface area contributed by atoms with Gasteiger partial charge in [0.15, 0.2) is 11.6 Å². The minimum atomic E-state index is -4.01. The van der Waals surface area contributed by atoms with E-state index in [9.17, 15) is 18.3 Å². The zero-order valence-corrected chi connectivity index (χ0v) is 20.4. The number of amides is 1. The molecule has 180 valence electrons. The summed E-state index contributed by atoms with van der Waals surface area (Å²) in [5, 5.41) is 16.1. The van der Waals surface area contributed by atoms with Crippen molar-refractivity contribution in [1.29, 1.82) is 0 Å². The van der Waals surface area contributed by atoms with Gasteiger partial charge in [-0.1, -0.05) is 23.7 Å². The number of rotatable bonds is 7. The maximum Gasteiger partial charge on any atom is 0.263 e. The van der Waals surface area contributed by atoms with E-state index in [0.29, 0.717) is 33.0 Å². The number of nitrogens with one attached hydrogen (secondary N) is 3. The second-order valence-corrected chi connectivity index (χ2v) is 9.91. The Morgan fingerprint density at radius 2 is 1.63 bits per heavy atom. The minimum Gasteiger partial charge on any atom is -0.389 e. The number of aliphatic hydroxyl groups is 1. The second kappa shape index (κ2) is 9.87. The molecule has 1 heterocycles. The molecule has 1 aromatic heterocycles. The lowest BCUT2D eigenvalue weighted by Gasteiger charge is -2.15. The van der Waals surface area contributed by atoms with Crippen LogP contribution in [0.5, 0.6) is 0 Å². The van der Waals surface area contributed by atoms with Crippen molar-refractivity contribution >= 4 is 61.6 Å². The Labute approximate surface area is 207 Å². The Kier molecular flexibility index (Phi) is 6.88. The predicted molar refractivity (Wildman–Crippen MR) is 136 cm³/mol. The molecule has 4 aromatic rings. The third-order valence-electron chi connectivity index (χ3n) is 4.97. The zero-order chi connectivity index (χ0) is 25.2. The van der Waals surface area contributed by atoms with E-state index in [2.05, 4.69) is 25.3 Å². The fourth-order valence-electron chi connectivity index (χ4n) is 3.30. The van der Waals surface area contributed by atoms with E-state index in [1.807, 2.05) is 0 Å². The number of anilines is 4. The van der Waals surface area contributed by atoms with Crippen molar-refractivity contribution in [2.75, 3.05) is 15.4 Å². The number of nitrogens with zero attached hydrogens (tertiary/aromatic N) is 2. The molecule has 0 saturated carbocycles. The van der Waals surface area contributed by atoms with Gasteiger partial charge in [0.2, 0.25) is 5.91 Å². The molecule has 35 heavy (non-hydrogen) atoms. The van der Waals surface area contributed by atoms with Gasteiger partial charge >= 0.3 is 0 Å². The molecule has 0 aliphatic rings. The third-order valence-corrected chi connectivity index (χ3v) is 6.58. The molecule has 4 N–H and O–H groups in total. The summed E-state index contributed by atoms with van der Waals surface area (Å²) in [6.07, 6.45) is -0.713. The van der Waals surface area contributed by atoms with E-state index in [1.54, 1.807) is 49.4 Å². The van der Waals surface area contributed by atoms with Crippen LogP contribution >= 0.6 is 11.6 Å². The molecule has 9 nitrogen and oxygen atoms in total. The van der Waals surface area contributed by atoms with Crippen molar-refractivity contribution < 1.29 is 18.3 Å². The van der Waals surface area contributed by atoms with Crippen molar-refractivity contribution in [3.05, 3.63) is 77.3 Å². The average Bonchev–Trinajstić information content (AvgIpc) is 2.79. The monoisotopic (exact) mass is 511 g/mol. The van der Waals surface area contributed by atoms with E-state index in [0.717, 1.165) is 0 Å². The lowest BCUT2D eigenvalue weighted by molar-refractivity contribution is -0.114. The predicted octanol–water partition coefficient (Wildman–Crippen LogP) is 4.84. The van der Waals surface area contributed by atoms with Gasteiger partial charge < -0.3 is 15.7 Å². The first-order valence-corrected chi connectivity index (χ1v) is 12.4. The molecule has 1 amide bonds. The molecular formula is C24H22ClN5O4S. The molecule has 0 fully saturated rings. The van der Waals surface area contributed by atoms with Gasteiger partial charge in [0.05, 0.1) is 22.0 Å². The molecule has 3 aromatic carbocycles.